The van der Waals surface area contributed by atoms with Gasteiger partial charge in [-0.2, -0.15) is 0 Å². The molecule has 0 radical (unpaired) electrons. The van der Waals surface area contributed by atoms with Gasteiger partial charge in [0.25, 0.3) is 0 Å². The Morgan fingerprint density at radius 3 is 1.50 bits per heavy atom. The van der Waals surface area contributed by atoms with Crippen molar-refractivity contribution in [1.29, 1.82) is 0 Å². The lowest BCUT2D eigenvalue weighted by atomic mass is 10.8. The number of nitrogens with two attached hydrogens (primary N) is 1. The van der Waals surface area contributed by atoms with Crippen molar-refractivity contribution < 1.29 is 0 Å². The second-order valence-electron chi connectivity index (χ2n) is 0.819. The smallest absolute Gasteiger partial charge is 0.202 e. The average Bonchev–Trinajstić information content (AvgIpc) is 1.35. The first-order valence-corrected chi connectivity index (χ1v) is 2.46. The fraction of sp³-hybridized carbons (Fsp3) is 1.00. The van der Waals surface area contributed by atoms with Crippen molar-refractivity contribution in [2.24, 2.45) is 5.73 Å². The van der Waals surface area contributed by atoms with Gasteiger partial charge in [-0.3, -0.25) is 0 Å². The molecule has 0 amide bonds. The van der Waals surface area contributed by atoms with Crippen LogP contribution >= 0.6 is 34.8 Å². The fourth-order valence-electron chi connectivity index (χ4n) is 0. The van der Waals surface area contributed by atoms with Crippen LogP contribution in [0.3, 0.4) is 0 Å². The van der Waals surface area contributed by atoms with E-state index in [9.17, 15) is 0 Å². The van der Waals surface area contributed by atoms with Gasteiger partial charge in [-0.05, 0) is 0 Å². The molecule has 0 spiro atoms. The molecular weight excluding hydrogens is 144 g/mol. The van der Waals surface area contributed by atoms with Crippen molar-refractivity contribution in [3.05, 3.63) is 0 Å². The van der Waals surface area contributed by atoms with Crippen LogP contribution < -0.4 is 5.73 Å². The standard InChI is InChI=1S/C2H4Cl3N/c3-2(4,5)1-6/h1,6H2. The van der Waals surface area contributed by atoms with E-state index in [4.69, 9.17) is 40.5 Å². The molecule has 6 heavy (non-hydrogen) atoms. The quantitative estimate of drug-likeness (QED) is 0.515. The molecule has 0 unspecified atom stereocenters. The molecule has 0 saturated heterocycles. The molecule has 0 aromatic rings. The third-order valence-corrected chi connectivity index (χ3v) is 0.694. The topological polar surface area (TPSA) is 26.0 Å². The van der Waals surface area contributed by atoms with E-state index in [1.54, 1.807) is 0 Å². The summed E-state index contributed by atoms with van der Waals surface area (Å²) in [6.07, 6.45) is 0. The molecular formula is C2H4Cl3N. The predicted octanol–water partition coefficient (Wildman–Crippen LogP) is 1.32. The first kappa shape index (κ1) is 6.83. The van der Waals surface area contributed by atoms with Crippen LogP contribution in [0.4, 0.5) is 0 Å². The van der Waals surface area contributed by atoms with Crippen molar-refractivity contribution in [2.45, 2.75) is 3.79 Å². The van der Waals surface area contributed by atoms with Gasteiger partial charge in [0.2, 0.25) is 3.79 Å². The Balaban J connectivity index is 3.17. The van der Waals surface area contributed by atoms with Gasteiger partial charge in [-0.15, -0.1) is 0 Å². The summed E-state index contributed by atoms with van der Waals surface area (Å²) in [5, 5.41) is 0. The lowest BCUT2D eigenvalue weighted by molar-refractivity contribution is 1.02. The normalized spacial score (nSPS) is 12.0. The van der Waals surface area contributed by atoms with Gasteiger partial charge in [-0.25, -0.2) is 0 Å². The molecule has 38 valence electrons. The lowest BCUT2D eigenvalue weighted by Crippen LogP contribution is -2.17. The highest BCUT2D eigenvalue weighted by Crippen LogP contribution is 2.23. The van der Waals surface area contributed by atoms with Gasteiger partial charge in [0.15, 0.2) is 0 Å². The van der Waals surface area contributed by atoms with E-state index >= 15 is 0 Å². The summed E-state index contributed by atoms with van der Waals surface area (Å²) in [4.78, 5) is 0. The zero-order chi connectivity index (χ0) is 5.21. The number of halogens is 3. The molecule has 0 aromatic heterocycles. The zero-order valence-electron chi connectivity index (χ0n) is 2.92. The van der Waals surface area contributed by atoms with Gasteiger partial charge in [0.1, 0.15) is 0 Å². The minimum absolute atomic E-state index is 0.0671. The Kier molecular flexibility index (Phi) is 2.53. The van der Waals surface area contributed by atoms with Crippen molar-refractivity contribution in [2.75, 3.05) is 6.54 Å². The Morgan fingerprint density at radius 2 is 1.50 bits per heavy atom. The minimum Gasteiger partial charge on any atom is -0.327 e. The van der Waals surface area contributed by atoms with E-state index < -0.39 is 3.79 Å². The van der Waals surface area contributed by atoms with Crippen LogP contribution in [0.1, 0.15) is 0 Å². The second kappa shape index (κ2) is 2.22. The molecule has 4 heteroatoms. The van der Waals surface area contributed by atoms with Gasteiger partial charge in [0.05, 0.1) is 0 Å². The fourth-order valence-corrected chi connectivity index (χ4v) is 0. The maximum atomic E-state index is 5.12. The lowest BCUT2D eigenvalue weighted by Gasteiger charge is -2.02. The largest absolute Gasteiger partial charge is 0.327 e. The molecule has 1 nitrogen and oxygen atoms in total. The molecule has 0 aliphatic carbocycles. The molecule has 0 heterocycles. The highest BCUT2D eigenvalue weighted by atomic mass is 35.6. The molecule has 0 fully saturated rings. The number of alkyl halides is 3. The van der Waals surface area contributed by atoms with Crippen LogP contribution in [0.5, 0.6) is 0 Å². The van der Waals surface area contributed by atoms with Gasteiger partial charge in [-0.1, -0.05) is 34.8 Å². The summed E-state index contributed by atoms with van der Waals surface area (Å²) in [6, 6.07) is 0. The van der Waals surface area contributed by atoms with E-state index in [1.807, 2.05) is 0 Å². The molecule has 0 aromatic carbocycles. The Labute approximate surface area is 51.4 Å². The Hall–Kier alpha value is 0.830. The first-order valence-electron chi connectivity index (χ1n) is 1.33. The van der Waals surface area contributed by atoms with E-state index in [-0.39, 0.29) is 6.54 Å². The Morgan fingerprint density at radius 1 is 1.33 bits per heavy atom. The van der Waals surface area contributed by atoms with E-state index in [0.717, 1.165) is 0 Å². The van der Waals surface area contributed by atoms with Crippen LogP contribution in [0.15, 0.2) is 0 Å². The zero-order valence-corrected chi connectivity index (χ0v) is 5.19. The maximum absolute atomic E-state index is 5.12. The summed E-state index contributed by atoms with van der Waals surface area (Å²) >= 11 is 15.4. The predicted molar refractivity (Wildman–Crippen MR) is 29.3 cm³/mol. The molecule has 0 saturated carbocycles. The van der Waals surface area contributed by atoms with E-state index in [1.165, 1.54) is 0 Å². The summed E-state index contributed by atoms with van der Waals surface area (Å²) in [6.45, 7) is 0.0671. The molecule has 0 aliphatic rings. The SMILES string of the molecule is NCC(Cl)(Cl)Cl. The summed E-state index contributed by atoms with van der Waals surface area (Å²) in [5.41, 5.74) is 4.91. The summed E-state index contributed by atoms with van der Waals surface area (Å²) in [7, 11) is 0. The van der Waals surface area contributed by atoms with Gasteiger partial charge in [0, 0.05) is 6.54 Å². The van der Waals surface area contributed by atoms with E-state index in [0.29, 0.717) is 0 Å². The van der Waals surface area contributed by atoms with Crippen molar-refractivity contribution in [3.8, 4) is 0 Å². The summed E-state index contributed by atoms with van der Waals surface area (Å²) in [5.74, 6) is 0. The highest BCUT2D eigenvalue weighted by molar-refractivity contribution is 6.67. The average molecular weight is 148 g/mol. The number of hydrogen-bond acceptors (Lipinski definition) is 1. The molecule has 0 atom stereocenters. The van der Waals surface area contributed by atoms with Crippen LogP contribution in [-0.2, 0) is 0 Å². The van der Waals surface area contributed by atoms with Gasteiger partial charge >= 0.3 is 0 Å². The monoisotopic (exact) mass is 147 g/mol. The maximum Gasteiger partial charge on any atom is 0.202 e. The molecule has 0 rings (SSSR count). The molecule has 0 aliphatic heterocycles. The number of rotatable bonds is 0. The van der Waals surface area contributed by atoms with Crippen LogP contribution in [0.25, 0.3) is 0 Å². The molecule has 2 N–H and O–H groups in total. The highest BCUT2D eigenvalue weighted by Gasteiger charge is 2.14. The van der Waals surface area contributed by atoms with Crippen molar-refractivity contribution >= 4 is 34.8 Å². The van der Waals surface area contributed by atoms with Crippen LogP contribution in [0, 0.1) is 0 Å². The molecule has 0 bridgehead atoms. The Bertz CT molecular complexity index is 38.5. The first-order chi connectivity index (χ1) is 2.56. The van der Waals surface area contributed by atoms with E-state index in [2.05, 4.69) is 0 Å². The second-order valence-corrected chi connectivity index (χ2v) is 3.34. The van der Waals surface area contributed by atoms with Crippen LogP contribution in [-0.4, -0.2) is 10.3 Å². The third-order valence-electron chi connectivity index (χ3n) is 0.231. The van der Waals surface area contributed by atoms with Gasteiger partial charge < -0.3 is 5.73 Å². The third kappa shape index (κ3) is 4.83. The van der Waals surface area contributed by atoms with Crippen molar-refractivity contribution in [1.82, 2.24) is 0 Å². The van der Waals surface area contributed by atoms with Crippen LogP contribution in [0.2, 0.25) is 0 Å². The number of hydrogen-bond donors (Lipinski definition) is 1. The minimum atomic E-state index is -1.26. The summed E-state index contributed by atoms with van der Waals surface area (Å²) < 4.78 is -1.26. The van der Waals surface area contributed by atoms with Crippen molar-refractivity contribution in [3.63, 3.8) is 0 Å².